The highest BCUT2D eigenvalue weighted by atomic mass is 32.1. The topological polar surface area (TPSA) is 4.93 Å². The van der Waals surface area contributed by atoms with Gasteiger partial charge >= 0.3 is 0 Å². The molecule has 0 amide bonds. The molecule has 0 aliphatic heterocycles. The van der Waals surface area contributed by atoms with Crippen LogP contribution in [0.4, 0.5) is 0 Å². The first-order chi connectivity index (χ1) is 14.1. The van der Waals surface area contributed by atoms with E-state index >= 15 is 0 Å². The van der Waals surface area contributed by atoms with Crippen LogP contribution in [0.15, 0.2) is 48.5 Å². The number of hydrogen-bond acceptors (Lipinski definition) is 2. The van der Waals surface area contributed by atoms with Gasteiger partial charge < -0.3 is 4.57 Å². The quantitative estimate of drug-likeness (QED) is 0.424. The molecule has 1 saturated carbocycles. The smallest absolute Gasteiger partial charge is 0.162 e. The molecule has 3 heteroatoms. The Hall–Kier alpha value is -1.97. The summed E-state index contributed by atoms with van der Waals surface area (Å²) in [6.45, 7) is 6.54. The zero-order valence-corrected chi connectivity index (χ0v) is 18.8. The van der Waals surface area contributed by atoms with Gasteiger partial charge in [-0.15, -0.1) is 11.3 Å². The van der Waals surface area contributed by atoms with E-state index in [1.807, 2.05) is 0 Å². The first-order valence-electron chi connectivity index (χ1n) is 10.7. The summed E-state index contributed by atoms with van der Waals surface area (Å²) in [6.07, 6.45) is 11.4. The van der Waals surface area contributed by atoms with Gasteiger partial charge in [0.2, 0.25) is 0 Å². The molecule has 0 unspecified atom stereocenters. The lowest BCUT2D eigenvalue weighted by Crippen LogP contribution is -2.30. The lowest BCUT2D eigenvalue weighted by molar-refractivity contribution is 0.366. The molecule has 150 valence electrons. The second-order valence-corrected chi connectivity index (χ2v) is 9.86. The van der Waals surface area contributed by atoms with Crippen LogP contribution in [0.3, 0.4) is 0 Å². The second kappa shape index (κ2) is 9.23. The van der Waals surface area contributed by atoms with E-state index in [9.17, 15) is 0 Å². The molecule has 0 saturated heterocycles. The third-order valence-electron chi connectivity index (χ3n) is 6.00. The fourth-order valence-electron chi connectivity index (χ4n) is 4.28. The van der Waals surface area contributed by atoms with Crippen LogP contribution >= 0.6 is 23.6 Å². The fourth-order valence-corrected chi connectivity index (χ4v) is 5.76. The first kappa shape index (κ1) is 20.3. The molecular formula is C26H29NS2. The summed E-state index contributed by atoms with van der Waals surface area (Å²) in [5.41, 5.74) is 4.99. The summed E-state index contributed by atoms with van der Waals surface area (Å²) in [6, 6.07) is 18.0. The Morgan fingerprint density at radius 1 is 0.897 bits per heavy atom. The summed E-state index contributed by atoms with van der Waals surface area (Å²) >= 11 is 7.46. The van der Waals surface area contributed by atoms with Gasteiger partial charge in [-0.25, -0.2) is 0 Å². The molecule has 1 heterocycles. The SMILES string of the molecule is C=c1/c(=C/c2ccc(-c3ccc(C)cc3)cc2)sc(=S)n1C1CCCCCCC1. The highest BCUT2D eigenvalue weighted by Gasteiger charge is 2.15. The van der Waals surface area contributed by atoms with Crippen LogP contribution in [-0.2, 0) is 0 Å². The number of aryl methyl sites for hydroxylation is 1. The van der Waals surface area contributed by atoms with Crippen molar-refractivity contribution in [3.63, 3.8) is 0 Å². The van der Waals surface area contributed by atoms with E-state index < -0.39 is 0 Å². The van der Waals surface area contributed by atoms with Crippen LogP contribution < -0.4 is 9.88 Å². The Morgan fingerprint density at radius 2 is 1.45 bits per heavy atom. The molecule has 1 aliphatic rings. The Kier molecular flexibility index (Phi) is 6.46. The number of hydrogen-bond donors (Lipinski definition) is 0. The van der Waals surface area contributed by atoms with Crippen molar-refractivity contribution in [2.75, 3.05) is 0 Å². The third-order valence-corrected chi connectivity index (χ3v) is 7.39. The van der Waals surface area contributed by atoms with Crippen molar-refractivity contribution in [2.24, 2.45) is 0 Å². The van der Waals surface area contributed by atoms with Gasteiger partial charge in [0.1, 0.15) is 0 Å². The molecule has 1 nitrogen and oxygen atoms in total. The minimum Gasteiger partial charge on any atom is -0.320 e. The monoisotopic (exact) mass is 419 g/mol. The Bertz CT molecular complexity index is 1110. The summed E-state index contributed by atoms with van der Waals surface area (Å²) < 4.78 is 4.51. The van der Waals surface area contributed by atoms with Gasteiger partial charge in [0.05, 0.1) is 9.88 Å². The van der Waals surface area contributed by atoms with Crippen molar-refractivity contribution in [1.29, 1.82) is 0 Å². The van der Waals surface area contributed by atoms with Gasteiger partial charge in [0.25, 0.3) is 0 Å². The molecule has 0 atom stereocenters. The zero-order chi connectivity index (χ0) is 20.2. The fraction of sp³-hybridized carbons (Fsp3) is 0.346. The van der Waals surface area contributed by atoms with Crippen molar-refractivity contribution in [1.82, 2.24) is 4.57 Å². The van der Waals surface area contributed by atoms with Crippen molar-refractivity contribution in [3.8, 4) is 11.1 Å². The molecule has 2 aromatic carbocycles. The number of aromatic nitrogens is 1. The molecule has 4 rings (SSSR count). The van der Waals surface area contributed by atoms with Gasteiger partial charge in [-0.05, 0) is 54.7 Å². The normalized spacial score (nSPS) is 16.5. The average molecular weight is 420 g/mol. The number of rotatable bonds is 3. The maximum Gasteiger partial charge on any atom is 0.162 e. The van der Waals surface area contributed by atoms with E-state index in [-0.39, 0.29) is 0 Å². The minimum atomic E-state index is 0.526. The highest BCUT2D eigenvalue weighted by molar-refractivity contribution is 7.73. The average Bonchev–Trinajstić information content (AvgIpc) is 2.97. The van der Waals surface area contributed by atoms with Crippen molar-refractivity contribution < 1.29 is 0 Å². The van der Waals surface area contributed by atoms with Crippen molar-refractivity contribution in [3.05, 3.63) is 73.5 Å². The predicted octanol–water partition coefficient (Wildman–Crippen LogP) is 6.78. The maximum absolute atomic E-state index is 5.75. The molecule has 1 fully saturated rings. The van der Waals surface area contributed by atoms with Crippen LogP contribution in [0.2, 0.25) is 0 Å². The van der Waals surface area contributed by atoms with Gasteiger partial charge in [-0.1, -0.05) is 92.8 Å². The van der Waals surface area contributed by atoms with Gasteiger partial charge in [0, 0.05) is 6.04 Å². The Morgan fingerprint density at radius 3 is 2.07 bits per heavy atom. The Labute approximate surface area is 183 Å². The molecule has 0 N–H and O–H groups in total. The van der Waals surface area contributed by atoms with E-state index in [1.165, 1.54) is 71.7 Å². The third kappa shape index (κ3) is 4.79. The van der Waals surface area contributed by atoms with Crippen molar-refractivity contribution in [2.45, 2.75) is 57.9 Å². The van der Waals surface area contributed by atoms with E-state index in [2.05, 4.69) is 72.7 Å². The van der Waals surface area contributed by atoms with Gasteiger partial charge in [-0.2, -0.15) is 0 Å². The molecule has 29 heavy (non-hydrogen) atoms. The molecule has 1 aromatic heterocycles. The van der Waals surface area contributed by atoms with Gasteiger partial charge in [0.15, 0.2) is 3.95 Å². The second-order valence-electron chi connectivity index (χ2n) is 8.18. The maximum atomic E-state index is 5.75. The largest absolute Gasteiger partial charge is 0.320 e. The molecule has 0 radical (unpaired) electrons. The summed E-state index contributed by atoms with van der Waals surface area (Å²) in [7, 11) is 0. The molecule has 0 spiro atoms. The van der Waals surface area contributed by atoms with Crippen LogP contribution in [0, 0.1) is 10.9 Å². The summed E-state index contributed by atoms with van der Waals surface area (Å²) in [5.74, 6) is 0. The van der Waals surface area contributed by atoms with Crippen LogP contribution in [0.1, 0.15) is 62.1 Å². The molecule has 3 aromatic rings. The highest BCUT2D eigenvalue weighted by Crippen LogP contribution is 2.26. The van der Waals surface area contributed by atoms with E-state index in [0.717, 1.165) is 9.30 Å². The molecule has 0 bridgehead atoms. The van der Waals surface area contributed by atoms with Crippen LogP contribution in [0.25, 0.3) is 23.8 Å². The molecular weight excluding hydrogens is 390 g/mol. The lowest BCUT2D eigenvalue weighted by Gasteiger charge is -2.21. The summed E-state index contributed by atoms with van der Waals surface area (Å²) in [4.78, 5) is 0. The van der Waals surface area contributed by atoms with Gasteiger partial charge in [-0.3, -0.25) is 0 Å². The molecule has 1 aliphatic carbocycles. The number of benzene rings is 2. The first-order valence-corrected chi connectivity index (χ1v) is 11.9. The van der Waals surface area contributed by atoms with E-state index in [4.69, 9.17) is 12.2 Å². The minimum absolute atomic E-state index is 0.526. The summed E-state index contributed by atoms with van der Waals surface area (Å²) in [5, 5.41) is 1.09. The van der Waals surface area contributed by atoms with Crippen molar-refractivity contribution >= 4 is 36.2 Å². The number of nitrogens with zero attached hydrogens (tertiary/aromatic N) is 1. The predicted molar refractivity (Wildman–Crippen MR) is 129 cm³/mol. The van der Waals surface area contributed by atoms with E-state index in [1.54, 1.807) is 11.3 Å². The van der Waals surface area contributed by atoms with E-state index in [0.29, 0.717) is 6.04 Å². The zero-order valence-electron chi connectivity index (χ0n) is 17.2. The Balaban J connectivity index is 1.62. The van der Waals surface area contributed by atoms with Crippen LogP contribution in [-0.4, -0.2) is 4.57 Å². The standard InChI is InChI=1S/C26H29NS2/c1-19-10-14-22(15-11-19)23-16-12-21(13-17-23)18-25-20(2)27(26(28)29-25)24-8-6-4-3-5-7-9-24/h10-18,24H,2-9H2,1H3/b25-18-. The van der Waals surface area contributed by atoms with Crippen LogP contribution in [0.5, 0.6) is 0 Å². The lowest BCUT2D eigenvalue weighted by atomic mass is 9.96. The number of thiazole rings is 1.